The van der Waals surface area contributed by atoms with Gasteiger partial charge in [-0.3, -0.25) is 0 Å². The van der Waals surface area contributed by atoms with E-state index in [-0.39, 0.29) is 0 Å². The Hall–Kier alpha value is -2.00. The van der Waals surface area contributed by atoms with Crippen molar-refractivity contribution in [2.45, 2.75) is 19.1 Å². The average molecular weight is 289 g/mol. The van der Waals surface area contributed by atoms with Gasteiger partial charge in [0, 0.05) is 5.02 Å². The molecule has 3 rings (SSSR count). The zero-order valence-corrected chi connectivity index (χ0v) is 11.6. The molecule has 0 amide bonds. The molecule has 0 saturated carbocycles. The van der Waals surface area contributed by atoms with Gasteiger partial charge in [0.2, 0.25) is 0 Å². The molecule has 2 aromatic carbocycles. The standard InChI is InChI=1S/C16H13ClO3/c1-10-2-4-11(5-3-10)14-15(20-16(18)19-14)12-6-8-13(17)9-7-12/h2-9,14-15H,1H3/t14-,15-/m1/s1. The number of halogens is 1. The first-order valence-corrected chi connectivity index (χ1v) is 6.70. The fraction of sp³-hybridized carbons (Fsp3) is 0.188. The molecule has 1 aliphatic rings. The molecule has 0 unspecified atom stereocenters. The maximum Gasteiger partial charge on any atom is 0.509 e. The first-order chi connectivity index (χ1) is 9.63. The summed E-state index contributed by atoms with van der Waals surface area (Å²) >= 11 is 5.88. The monoisotopic (exact) mass is 288 g/mol. The van der Waals surface area contributed by atoms with Crippen LogP contribution in [0.4, 0.5) is 4.79 Å². The number of ether oxygens (including phenoxy) is 2. The van der Waals surface area contributed by atoms with E-state index in [2.05, 4.69) is 0 Å². The molecule has 2 aromatic rings. The van der Waals surface area contributed by atoms with E-state index in [1.54, 1.807) is 12.1 Å². The van der Waals surface area contributed by atoms with Gasteiger partial charge >= 0.3 is 6.16 Å². The van der Waals surface area contributed by atoms with Gasteiger partial charge in [-0.25, -0.2) is 4.79 Å². The molecule has 1 heterocycles. The SMILES string of the molecule is Cc1ccc([C@H]2OC(=O)O[C@@H]2c2ccc(Cl)cc2)cc1. The lowest BCUT2D eigenvalue weighted by atomic mass is 9.98. The minimum Gasteiger partial charge on any atom is -0.422 e. The van der Waals surface area contributed by atoms with Gasteiger partial charge in [-0.15, -0.1) is 0 Å². The molecule has 20 heavy (non-hydrogen) atoms. The first-order valence-electron chi connectivity index (χ1n) is 6.33. The molecule has 1 aliphatic heterocycles. The van der Waals surface area contributed by atoms with Gasteiger partial charge in [-0.1, -0.05) is 53.6 Å². The molecule has 0 N–H and O–H groups in total. The Morgan fingerprint density at radius 1 is 0.850 bits per heavy atom. The van der Waals surface area contributed by atoms with Crippen LogP contribution in [0, 0.1) is 6.92 Å². The van der Waals surface area contributed by atoms with E-state index in [1.165, 1.54) is 0 Å². The zero-order chi connectivity index (χ0) is 14.1. The fourth-order valence-corrected chi connectivity index (χ4v) is 2.38. The summed E-state index contributed by atoms with van der Waals surface area (Å²) in [5, 5.41) is 0.644. The number of rotatable bonds is 2. The summed E-state index contributed by atoms with van der Waals surface area (Å²) in [4.78, 5) is 11.5. The molecule has 0 bridgehead atoms. The van der Waals surface area contributed by atoms with Gasteiger partial charge in [-0.2, -0.15) is 0 Å². The highest BCUT2D eigenvalue weighted by Crippen LogP contribution is 2.40. The van der Waals surface area contributed by atoms with E-state index in [0.717, 1.165) is 16.7 Å². The van der Waals surface area contributed by atoms with Crippen LogP contribution in [0.5, 0.6) is 0 Å². The molecular weight excluding hydrogens is 276 g/mol. The molecule has 0 aromatic heterocycles. The van der Waals surface area contributed by atoms with Gasteiger partial charge in [0.15, 0.2) is 12.2 Å². The van der Waals surface area contributed by atoms with Crippen LogP contribution in [0.3, 0.4) is 0 Å². The highest BCUT2D eigenvalue weighted by atomic mass is 35.5. The smallest absolute Gasteiger partial charge is 0.422 e. The molecule has 2 atom stereocenters. The number of hydrogen-bond donors (Lipinski definition) is 0. The van der Waals surface area contributed by atoms with Gasteiger partial charge in [0.25, 0.3) is 0 Å². The zero-order valence-electron chi connectivity index (χ0n) is 10.9. The molecule has 102 valence electrons. The third-order valence-corrected chi connectivity index (χ3v) is 3.58. The Morgan fingerprint density at radius 2 is 1.30 bits per heavy atom. The molecule has 4 heteroatoms. The second kappa shape index (κ2) is 5.17. The number of hydrogen-bond acceptors (Lipinski definition) is 3. The Kier molecular flexibility index (Phi) is 3.36. The third-order valence-electron chi connectivity index (χ3n) is 3.33. The Bertz CT molecular complexity index is 564. The van der Waals surface area contributed by atoms with Crippen molar-refractivity contribution < 1.29 is 14.3 Å². The van der Waals surface area contributed by atoms with Crippen molar-refractivity contribution in [3.63, 3.8) is 0 Å². The lowest BCUT2D eigenvalue weighted by Crippen LogP contribution is -2.07. The van der Waals surface area contributed by atoms with Crippen molar-refractivity contribution in [2.24, 2.45) is 0 Å². The summed E-state index contributed by atoms with van der Waals surface area (Å²) in [5.41, 5.74) is 2.94. The summed E-state index contributed by atoms with van der Waals surface area (Å²) in [6.45, 7) is 2.01. The molecule has 0 spiro atoms. The third kappa shape index (κ3) is 2.49. The van der Waals surface area contributed by atoms with Gasteiger partial charge in [0.05, 0.1) is 0 Å². The van der Waals surface area contributed by atoms with E-state index in [4.69, 9.17) is 21.1 Å². The molecule has 3 nitrogen and oxygen atoms in total. The van der Waals surface area contributed by atoms with E-state index in [0.29, 0.717) is 5.02 Å². The maximum atomic E-state index is 11.5. The summed E-state index contributed by atoms with van der Waals surface area (Å²) in [5.74, 6) is 0. The van der Waals surface area contributed by atoms with Crippen molar-refractivity contribution in [1.82, 2.24) is 0 Å². The largest absolute Gasteiger partial charge is 0.509 e. The minimum atomic E-state index is -0.643. The fourth-order valence-electron chi connectivity index (χ4n) is 2.25. The summed E-state index contributed by atoms with van der Waals surface area (Å²) < 4.78 is 10.6. The van der Waals surface area contributed by atoms with Crippen LogP contribution in [0.2, 0.25) is 5.02 Å². The van der Waals surface area contributed by atoms with E-state index < -0.39 is 18.4 Å². The van der Waals surface area contributed by atoms with Crippen LogP contribution in [0.25, 0.3) is 0 Å². The van der Waals surface area contributed by atoms with E-state index in [9.17, 15) is 4.79 Å². The molecule has 1 fully saturated rings. The Morgan fingerprint density at radius 3 is 1.80 bits per heavy atom. The number of aryl methyl sites for hydroxylation is 1. The molecule has 0 aliphatic carbocycles. The van der Waals surface area contributed by atoms with Crippen LogP contribution < -0.4 is 0 Å². The lowest BCUT2D eigenvalue weighted by molar-refractivity contribution is 0.116. The van der Waals surface area contributed by atoms with Crippen molar-refractivity contribution in [2.75, 3.05) is 0 Å². The second-order valence-electron chi connectivity index (χ2n) is 4.79. The van der Waals surface area contributed by atoms with E-state index >= 15 is 0 Å². The second-order valence-corrected chi connectivity index (χ2v) is 5.23. The van der Waals surface area contributed by atoms with Crippen LogP contribution in [0.1, 0.15) is 28.9 Å². The molecular formula is C16H13ClO3. The van der Waals surface area contributed by atoms with Gasteiger partial charge < -0.3 is 9.47 Å². The number of cyclic esters (lactones) is 2. The number of carbonyl (C=O) groups excluding carboxylic acids is 1. The van der Waals surface area contributed by atoms with Crippen molar-refractivity contribution >= 4 is 17.8 Å². The highest BCUT2D eigenvalue weighted by molar-refractivity contribution is 6.30. The first kappa shape index (κ1) is 13.0. The summed E-state index contributed by atoms with van der Waals surface area (Å²) in [7, 11) is 0. The normalized spacial score (nSPS) is 21.4. The van der Waals surface area contributed by atoms with Crippen LogP contribution in [-0.4, -0.2) is 6.16 Å². The van der Waals surface area contributed by atoms with Crippen LogP contribution in [-0.2, 0) is 9.47 Å². The van der Waals surface area contributed by atoms with E-state index in [1.807, 2.05) is 43.3 Å². The lowest BCUT2D eigenvalue weighted by Gasteiger charge is -2.16. The minimum absolute atomic E-state index is 0.427. The number of carbonyl (C=O) groups is 1. The average Bonchev–Trinajstić information content (AvgIpc) is 2.82. The van der Waals surface area contributed by atoms with Crippen molar-refractivity contribution in [3.8, 4) is 0 Å². The predicted octanol–water partition coefficient (Wildman–Crippen LogP) is 4.60. The van der Waals surface area contributed by atoms with Crippen LogP contribution >= 0.6 is 11.6 Å². The molecule has 1 saturated heterocycles. The molecule has 0 radical (unpaired) electrons. The summed E-state index contributed by atoms with van der Waals surface area (Å²) in [6, 6.07) is 15.1. The van der Waals surface area contributed by atoms with Gasteiger partial charge in [-0.05, 0) is 30.2 Å². The van der Waals surface area contributed by atoms with Crippen molar-refractivity contribution in [3.05, 3.63) is 70.2 Å². The Labute approximate surface area is 122 Å². The van der Waals surface area contributed by atoms with Crippen LogP contribution in [0.15, 0.2) is 48.5 Å². The number of benzene rings is 2. The Balaban J connectivity index is 1.94. The quantitative estimate of drug-likeness (QED) is 0.758. The predicted molar refractivity (Wildman–Crippen MR) is 75.7 cm³/mol. The highest BCUT2D eigenvalue weighted by Gasteiger charge is 2.38. The van der Waals surface area contributed by atoms with Gasteiger partial charge in [0.1, 0.15) is 0 Å². The topological polar surface area (TPSA) is 35.5 Å². The van der Waals surface area contributed by atoms with Crippen molar-refractivity contribution in [1.29, 1.82) is 0 Å². The maximum absolute atomic E-state index is 11.5. The summed E-state index contributed by atoms with van der Waals surface area (Å²) in [6.07, 6.45) is -1.51.